The SMILES string of the molecule is Cc1cccc(N(c2ccc3c(c2)C(C)(C)c2cc4c(cc2-3)C(C)(C)c2ccc3oc5ccccc5c3c2-4)c2ccc3c(c2)C(C)(C)c2cc(-c4ccccc4)c4oc5ccccc5c4c2-3)c1. The molecule has 14 rings (SSSR count). The molecule has 3 heteroatoms. The van der Waals surface area contributed by atoms with E-state index in [4.69, 9.17) is 8.83 Å². The van der Waals surface area contributed by atoms with Crippen molar-refractivity contribution in [1.82, 2.24) is 0 Å². The van der Waals surface area contributed by atoms with Crippen LogP contribution in [0.15, 0.2) is 179 Å². The molecule has 0 radical (unpaired) electrons. The summed E-state index contributed by atoms with van der Waals surface area (Å²) < 4.78 is 13.2. The van der Waals surface area contributed by atoms with Crippen LogP contribution < -0.4 is 4.90 Å². The summed E-state index contributed by atoms with van der Waals surface area (Å²) in [5.41, 5.74) is 26.0. The molecule has 0 atom stereocenters. The van der Waals surface area contributed by atoms with E-state index in [9.17, 15) is 0 Å². The Morgan fingerprint density at radius 2 is 0.910 bits per heavy atom. The highest BCUT2D eigenvalue weighted by Crippen LogP contribution is 2.60. The van der Waals surface area contributed by atoms with E-state index in [2.05, 4.69) is 223 Å². The maximum absolute atomic E-state index is 6.78. The van der Waals surface area contributed by atoms with Crippen LogP contribution in [0.3, 0.4) is 0 Å². The van der Waals surface area contributed by atoms with Crippen molar-refractivity contribution in [3.8, 4) is 44.5 Å². The van der Waals surface area contributed by atoms with Crippen molar-refractivity contribution >= 4 is 60.9 Å². The second-order valence-corrected chi connectivity index (χ2v) is 20.9. The molecule has 9 aromatic carbocycles. The Labute approximate surface area is 390 Å². The van der Waals surface area contributed by atoms with Crippen molar-refractivity contribution in [2.24, 2.45) is 0 Å². The molecule has 67 heavy (non-hydrogen) atoms. The predicted octanol–water partition coefficient (Wildman–Crippen LogP) is 17.8. The van der Waals surface area contributed by atoms with Crippen LogP contribution in [-0.4, -0.2) is 0 Å². The van der Waals surface area contributed by atoms with Gasteiger partial charge >= 0.3 is 0 Å². The molecule has 0 saturated carbocycles. The number of aryl methyl sites for hydroxylation is 1. The van der Waals surface area contributed by atoms with Gasteiger partial charge in [-0.2, -0.15) is 0 Å². The van der Waals surface area contributed by atoms with Crippen LogP contribution in [0, 0.1) is 6.92 Å². The van der Waals surface area contributed by atoms with Gasteiger partial charge in [0.1, 0.15) is 22.3 Å². The number of hydrogen-bond acceptors (Lipinski definition) is 3. The lowest BCUT2D eigenvalue weighted by Crippen LogP contribution is -2.18. The summed E-state index contributed by atoms with van der Waals surface area (Å²) >= 11 is 0. The maximum Gasteiger partial charge on any atom is 0.143 e. The zero-order chi connectivity index (χ0) is 45.3. The number of furan rings is 2. The van der Waals surface area contributed by atoms with E-state index in [1.54, 1.807) is 0 Å². The fourth-order valence-corrected chi connectivity index (χ4v) is 12.7. The summed E-state index contributed by atoms with van der Waals surface area (Å²) in [6, 6.07) is 63.0. The second kappa shape index (κ2) is 13.0. The van der Waals surface area contributed by atoms with E-state index < -0.39 is 0 Å². The van der Waals surface area contributed by atoms with E-state index in [1.165, 1.54) is 88.5 Å². The van der Waals surface area contributed by atoms with Gasteiger partial charge in [-0.3, -0.25) is 0 Å². The molecule has 0 saturated heterocycles. The third-order valence-corrected chi connectivity index (χ3v) is 16.1. The van der Waals surface area contributed by atoms with Gasteiger partial charge in [-0.15, -0.1) is 0 Å². The van der Waals surface area contributed by atoms with Gasteiger partial charge in [-0.25, -0.2) is 0 Å². The van der Waals surface area contributed by atoms with Crippen LogP contribution in [0.5, 0.6) is 0 Å². The van der Waals surface area contributed by atoms with Gasteiger partial charge in [0.05, 0.1) is 0 Å². The van der Waals surface area contributed by atoms with Crippen LogP contribution in [0.4, 0.5) is 17.1 Å². The molecule has 0 unspecified atom stereocenters. The molecular weight excluding hydrogens is 815 g/mol. The van der Waals surface area contributed by atoms with Gasteiger partial charge in [0.2, 0.25) is 0 Å². The Morgan fingerprint density at radius 3 is 1.66 bits per heavy atom. The van der Waals surface area contributed by atoms with E-state index in [1.807, 2.05) is 0 Å². The molecule has 3 aliphatic rings. The van der Waals surface area contributed by atoms with Crippen molar-refractivity contribution < 1.29 is 8.83 Å². The lowest BCUT2D eigenvalue weighted by molar-refractivity contribution is 0.651. The first-order chi connectivity index (χ1) is 32.4. The van der Waals surface area contributed by atoms with Gasteiger partial charge in [0.25, 0.3) is 0 Å². The predicted molar refractivity (Wildman–Crippen MR) is 279 cm³/mol. The number of anilines is 3. The van der Waals surface area contributed by atoms with Gasteiger partial charge in [0.15, 0.2) is 0 Å². The molecule has 0 N–H and O–H groups in total. The third-order valence-electron chi connectivity index (χ3n) is 16.1. The third kappa shape index (κ3) is 5.07. The average molecular weight is 864 g/mol. The van der Waals surface area contributed by atoms with E-state index in [-0.39, 0.29) is 16.2 Å². The van der Waals surface area contributed by atoms with E-state index in [0.29, 0.717) is 0 Å². The number of benzene rings is 9. The molecule has 0 aliphatic heterocycles. The molecule has 2 aromatic heterocycles. The minimum absolute atomic E-state index is 0.165. The fraction of sp³-hybridized carbons (Fsp3) is 0.156. The minimum atomic E-state index is -0.280. The fourth-order valence-electron chi connectivity index (χ4n) is 12.7. The molecule has 0 bridgehead atoms. The average Bonchev–Trinajstić information content (AvgIpc) is 4.08. The highest BCUT2D eigenvalue weighted by atomic mass is 16.3. The lowest BCUT2D eigenvalue weighted by atomic mass is 9.79. The number of fused-ring (bicyclic) bond motifs is 17. The summed E-state index contributed by atoms with van der Waals surface area (Å²) in [6.45, 7) is 16.6. The van der Waals surface area contributed by atoms with Crippen LogP contribution >= 0.6 is 0 Å². The van der Waals surface area contributed by atoms with Gasteiger partial charge in [0, 0.05) is 60.4 Å². The van der Waals surface area contributed by atoms with Crippen LogP contribution in [-0.2, 0) is 16.2 Å². The molecule has 3 aliphatic carbocycles. The highest BCUT2D eigenvalue weighted by molar-refractivity contribution is 6.19. The smallest absolute Gasteiger partial charge is 0.143 e. The maximum atomic E-state index is 6.78. The Balaban J connectivity index is 0.933. The highest BCUT2D eigenvalue weighted by Gasteiger charge is 2.44. The lowest BCUT2D eigenvalue weighted by Gasteiger charge is -2.30. The van der Waals surface area contributed by atoms with Crippen molar-refractivity contribution in [1.29, 1.82) is 0 Å². The van der Waals surface area contributed by atoms with Gasteiger partial charge in [-0.1, -0.05) is 139 Å². The largest absolute Gasteiger partial charge is 0.456 e. The molecule has 0 spiro atoms. The van der Waals surface area contributed by atoms with E-state index >= 15 is 0 Å². The minimum Gasteiger partial charge on any atom is -0.456 e. The summed E-state index contributed by atoms with van der Waals surface area (Å²) in [6.07, 6.45) is 0. The Morgan fingerprint density at radius 1 is 0.358 bits per heavy atom. The van der Waals surface area contributed by atoms with Crippen molar-refractivity contribution in [3.05, 3.63) is 209 Å². The first-order valence-electron chi connectivity index (χ1n) is 23.7. The molecule has 0 amide bonds. The number of nitrogens with zero attached hydrogens (tertiary/aromatic N) is 1. The van der Waals surface area contributed by atoms with Gasteiger partial charge < -0.3 is 13.7 Å². The summed E-state index contributed by atoms with van der Waals surface area (Å²) in [5.74, 6) is 0. The Hall–Kier alpha value is -7.62. The molecule has 0 fully saturated rings. The molecule has 322 valence electrons. The molecule has 2 heterocycles. The van der Waals surface area contributed by atoms with Crippen LogP contribution in [0.2, 0.25) is 0 Å². The zero-order valence-corrected chi connectivity index (χ0v) is 38.9. The van der Waals surface area contributed by atoms with Crippen LogP contribution in [0.1, 0.15) is 80.5 Å². The number of rotatable bonds is 4. The van der Waals surface area contributed by atoms with E-state index in [0.717, 1.165) is 55.9 Å². The normalized spacial score (nSPS) is 15.4. The summed E-state index contributed by atoms with van der Waals surface area (Å²) in [4.78, 5) is 2.48. The monoisotopic (exact) mass is 863 g/mol. The molecule has 3 nitrogen and oxygen atoms in total. The summed E-state index contributed by atoms with van der Waals surface area (Å²) in [5, 5.41) is 4.76. The van der Waals surface area contributed by atoms with Crippen molar-refractivity contribution in [2.75, 3.05) is 4.90 Å². The molecular formula is C64H49NO2. The van der Waals surface area contributed by atoms with Gasteiger partial charge in [-0.05, 0) is 158 Å². The number of para-hydroxylation sites is 2. The van der Waals surface area contributed by atoms with Crippen molar-refractivity contribution in [3.63, 3.8) is 0 Å². The molecule has 11 aromatic rings. The summed E-state index contributed by atoms with van der Waals surface area (Å²) in [7, 11) is 0. The topological polar surface area (TPSA) is 29.5 Å². The first-order valence-corrected chi connectivity index (χ1v) is 23.7. The number of hydrogen-bond donors (Lipinski definition) is 0. The quantitative estimate of drug-likeness (QED) is 0.177. The standard InChI is InChI=1S/C64H49NO2/c1-36-16-15-19-38(30-36)65(40-25-27-42-50(32-40)64(6,7)53-33-45(37-17-9-8-10-18-37)61-60(57(42)53)44-21-12-14-23-55(44)67-61)39-24-26-41-46-34-52-47(35-51(46)63(4,5)49(41)31-39)58-48(62(52,2)3)28-29-56-59(58)43-20-11-13-22-54(43)66-56/h8-35H,1-7H3. The van der Waals surface area contributed by atoms with Crippen LogP contribution in [0.25, 0.3) is 88.4 Å². The Kier molecular flexibility index (Phi) is 7.52. The zero-order valence-electron chi connectivity index (χ0n) is 38.9. The Bertz CT molecular complexity index is 3970. The second-order valence-electron chi connectivity index (χ2n) is 20.9. The first kappa shape index (κ1) is 38.6. The van der Waals surface area contributed by atoms with Crippen molar-refractivity contribution in [2.45, 2.75) is 64.7 Å².